The van der Waals surface area contributed by atoms with Crippen molar-refractivity contribution in [1.82, 2.24) is 0 Å². The molecule has 2 aromatic rings. The molecular weight excluding hydrogens is 202 g/mol. The molecule has 0 aliphatic carbocycles. The monoisotopic (exact) mass is 215 g/mol. The third-order valence-corrected chi connectivity index (χ3v) is 2.46. The van der Waals surface area contributed by atoms with Crippen molar-refractivity contribution in [1.29, 1.82) is 0 Å². The summed E-state index contributed by atoms with van der Waals surface area (Å²) in [6, 6.07) is 18.4. The zero-order valence-electron chi connectivity index (χ0n) is 8.35. The van der Waals surface area contributed by atoms with Gasteiger partial charge in [0.15, 0.2) is 0 Å². The number of hydrogen-bond acceptors (Lipinski definition) is 2. The molecule has 0 saturated heterocycles. The molecule has 0 atom stereocenters. The molecule has 2 heteroatoms. The first-order valence-corrected chi connectivity index (χ1v) is 5.36. The maximum absolute atomic E-state index is 4.29. The Morgan fingerprint density at radius 3 is 2.47 bits per heavy atom. The second-order valence-electron chi connectivity index (χ2n) is 3.39. The first kappa shape index (κ1) is 10.1. The standard InChI is InChI=1S/C13H13NS/c15-13-8-4-7-12(9-13)14-10-11-5-2-1-3-6-11/h1-9,14-15H,10H2. The minimum atomic E-state index is 0.845. The van der Waals surface area contributed by atoms with Crippen LogP contribution in [0.1, 0.15) is 5.56 Å². The molecule has 15 heavy (non-hydrogen) atoms. The van der Waals surface area contributed by atoms with E-state index in [2.05, 4.69) is 30.1 Å². The number of benzene rings is 2. The van der Waals surface area contributed by atoms with Gasteiger partial charge in [0.2, 0.25) is 0 Å². The Kier molecular flexibility index (Phi) is 3.30. The fraction of sp³-hybridized carbons (Fsp3) is 0.0769. The summed E-state index contributed by atoms with van der Waals surface area (Å²) in [7, 11) is 0. The van der Waals surface area contributed by atoms with Crippen molar-refractivity contribution in [3.8, 4) is 0 Å². The molecule has 0 amide bonds. The van der Waals surface area contributed by atoms with Crippen LogP contribution in [-0.4, -0.2) is 0 Å². The lowest BCUT2D eigenvalue weighted by molar-refractivity contribution is 1.14. The molecule has 2 rings (SSSR count). The Morgan fingerprint density at radius 2 is 1.73 bits per heavy atom. The van der Waals surface area contributed by atoms with Gasteiger partial charge < -0.3 is 5.32 Å². The molecule has 0 heterocycles. The molecule has 0 saturated carbocycles. The zero-order chi connectivity index (χ0) is 10.5. The van der Waals surface area contributed by atoms with Crippen LogP contribution >= 0.6 is 12.6 Å². The van der Waals surface area contributed by atoms with Gasteiger partial charge in [0.05, 0.1) is 0 Å². The summed E-state index contributed by atoms with van der Waals surface area (Å²) in [6.07, 6.45) is 0. The smallest absolute Gasteiger partial charge is 0.0400 e. The van der Waals surface area contributed by atoms with Gasteiger partial charge in [-0.15, -0.1) is 12.6 Å². The lowest BCUT2D eigenvalue weighted by Gasteiger charge is -2.06. The Labute approximate surface area is 95.6 Å². The Bertz CT molecular complexity index is 426. The van der Waals surface area contributed by atoms with Gasteiger partial charge in [0.25, 0.3) is 0 Å². The van der Waals surface area contributed by atoms with Crippen LogP contribution in [0.3, 0.4) is 0 Å². The Morgan fingerprint density at radius 1 is 0.933 bits per heavy atom. The van der Waals surface area contributed by atoms with Crippen LogP contribution in [0, 0.1) is 0 Å². The number of rotatable bonds is 3. The van der Waals surface area contributed by atoms with Crippen molar-refractivity contribution in [3.05, 3.63) is 60.2 Å². The van der Waals surface area contributed by atoms with Crippen LogP contribution < -0.4 is 5.32 Å². The summed E-state index contributed by atoms with van der Waals surface area (Å²) >= 11 is 4.29. The first-order chi connectivity index (χ1) is 7.34. The SMILES string of the molecule is Sc1cccc(NCc2ccccc2)c1. The van der Waals surface area contributed by atoms with Gasteiger partial charge in [-0.25, -0.2) is 0 Å². The summed E-state index contributed by atoms with van der Waals surface area (Å²) in [5, 5.41) is 3.35. The molecule has 0 aliphatic heterocycles. The molecule has 0 aromatic heterocycles. The molecule has 76 valence electrons. The van der Waals surface area contributed by atoms with E-state index in [1.165, 1.54) is 5.56 Å². The van der Waals surface area contributed by atoms with E-state index in [0.717, 1.165) is 17.1 Å². The van der Waals surface area contributed by atoms with Gasteiger partial charge in [-0.2, -0.15) is 0 Å². The van der Waals surface area contributed by atoms with Crippen LogP contribution in [-0.2, 0) is 6.54 Å². The molecule has 0 spiro atoms. The molecule has 1 N–H and O–H groups in total. The highest BCUT2D eigenvalue weighted by atomic mass is 32.1. The van der Waals surface area contributed by atoms with Crippen molar-refractivity contribution < 1.29 is 0 Å². The fourth-order valence-electron chi connectivity index (χ4n) is 1.42. The van der Waals surface area contributed by atoms with Crippen LogP contribution in [0.4, 0.5) is 5.69 Å². The lowest BCUT2D eigenvalue weighted by Crippen LogP contribution is -1.98. The third kappa shape index (κ3) is 3.03. The summed E-state index contributed by atoms with van der Waals surface area (Å²) in [6.45, 7) is 0.845. The van der Waals surface area contributed by atoms with Crippen LogP contribution in [0.5, 0.6) is 0 Å². The first-order valence-electron chi connectivity index (χ1n) is 4.91. The van der Waals surface area contributed by atoms with Gasteiger partial charge >= 0.3 is 0 Å². The van der Waals surface area contributed by atoms with E-state index in [-0.39, 0.29) is 0 Å². The molecule has 0 unspecified atom stereocenters. The summed E-state index contributed by atoms with van der Waals surface area (Å²) in [4.78, 5) is 0.980. The van der Waals surface area contributed by atoms with Gasteiger partial charge in [-0.05, 0) is 23.8 Å². The van der Waals surface area contributed by atoms with Crippen molar-refractivity contribution in [2.75, 3.05) is 5.32 Å². The summed E-state index contributed by atoms with van der Waals surface area (Å²) in [5.74, 6) is 0. The molecule has 0 radical (unpaired) electrons. The summed E-state index contributed by atoms with van der Waals surface area (Å²) < 4.78 is 0. The molecule has 0 fully saturated rings. The quantitative estimate of drug-likeness (QED) is 0.746. The van der Waals surface area contributed by atoms with Crippen LogP contribution in [0.2, 0.25) is 0 Å². The van der Waals surface area contributed by atoms with Crippen LogP contribution in [0.25, 0.3) is 0 Å². The second-order valence-corrected chi connectivity index (χ2v) is 3.91. The Balaban J connectivity index is 1.99. The number of nitrogens with one attached hydrogen (secondary N) is 1. The van der Waals surface area contributed by atoms with Gasteiger partial charge in [-0.1, -0.05) is 36.4 Å². The highest BCUT2D eigenvalue weighted by Crippen LogP contribution is 2.14. The number of hydrogen-bond donors (Lipinski definition) is 2. The highest BCUT2D eigenvalue weighted by molar-refractivity contribution is 7.80. The molecule has 0 aliphatic rings. The van der Waals surface area contributed by atoms with Crippen molar-refractivity contribution >= 4 is 18.3 Å². The normalized spacial score (nSPS) is 9.93. The highest BCUT2D eigenvalue weighted by Gasteiger charge is 1.93. The second kappa shape index (κ2) is 4.89. The van der Waals surface area contributed by atoms with Crippen molar-refractivity contribution in [3.63, 3.8) is 0 Å². The lowest BCUT2D eigenvalue weighted by atomic mass is 10.2. The van der Waals surface area contributed by atoms with E-state index in [1.54, 1.807) is 0 Å². The van der Waals surface area contributed by atoms with Crippen molar-refractivity contribution in [2.24, 2.45) is 0 Å². The van der Waals surface area contributed by atoms with Gasteiger partial charge in [0, 0.05) is 17.1 Å². The minimum absolute atomic E-state index is 0.845. The average molecular weight is 215 g/mol. The topological polar surface area (TPSA) is 12.0 Å². The number of anilines is 1. The molecule has 2 aromatic carbocycles. The molecule has 0 bridgehead atoms. The van der Waals surface area contributed by atoms with E-state index in [1.807, 2.05) is 42.5 Å². The maximum Gasteiger partial charge on any atom is 0.0400 e. The predicted molar refractivity (Wildman–Crippen MR) is 67.5 cm³/mol. The molecular formula is C13H13NS. The Hall–Kier alpha value is -1.41. The van der Waals surface area contributed by atoms with Gasteiger partial charge in [-0.3, -0.25) is 0 Å². The predicted octanol–water partition coefficient (Wildman–Crippen LogP) is 3.59. The van der Waals surface area contributed by atoms with Crippen molar-refractivity contribution in [2.45, 2.75) is 11.4 Å². The van der Waals surface area contributed by atoms with Crippen LogP contribution in [0.15, 0.2) is 59.5 Å². The molecule has 1 nitrogen and oxygen atoms in total. The minimum Gasteiger partial charge on any atom is -0.381 e. The largest absolute Gasteiger partial charge is 0.381 e. The van der Waals surface area contributed by atoms with E-state index >= 15 is 0 Å². The fourth-order valence-corrected chi connectivity index (χ4v) is 1.64. The summed E-state index contributed by atoms with van der Waals surface area (Å²) in [5.41, 5.74) is 2.38. The van der Waals surface area contributed by atoms with E-state index in [0.29, 0.717) is 0 Å². The zero-order valence-corrected chi connectivity index (χ0v) is 9.24. The number of thiol groups is 1. The van der Waals surface area contributed by atoms with E-state index in [9.17, 15) is 0 Å². The average Bonchev–Trinajstić information content (AvgIpc) is 2.28. The third-order valence-electron chi connectivity index (χ3n) is 2.19. The maximum atomic E-state index is 4.29. The van der Waals surface area contributed by atoms with E-state index < -0.39 is 0 Å². The van der Waals surface area contributed by atoms with Gasteiger partial charge in [0.1, 0.15) is 0 Å². The van der Waals surface area contributed by atoms with E-state index in [4.69, 9.17) is 0 Å².